The lowest BCUT2D eigenvalue weighted by molar-refractivity contribution is 1.30. The minimum Gasteiger partial charge on any atom is -0.383 e. The van der Waals surface area contributed by atoms with Crippen molar-refractivity contribution in [2.75, 3.05) is 5.73 Å². The Morgan fingerprint density at radius 2 is 1.57 bits per heavy atom. The molecule has 0 aliphatic rings. The van der Waals surface area contributed by atoms with Crippen LogP contribution in [0.4, 0.5) is 5.82 Å². The van der Waals surface area contributed by atoms with Crippen molar-refractivity contribution in [2.45, 2.75) is 20.8 Å². The van der Waals surface area contributed by atoms with Crippen molar-refractivity contribution in [3.05, 3.63) is 59.2 Å². The van der Waals surface area contributed by atoms with Gasteiger partial charge in [-0.05, 0) is 49.4 Å². The first kappa shape index (κ1) is 15.3. The van der Waals surface area contributed by atoms with Gasteiger partial charge in [0.1, 0.15) is 5.82 Å². The Labute approximate surface area is 131 Å². The highest BCUT2D eigenvalue weighted by atomic mass is 35.5. The molecule has 3 aromatic rings. The fraction of sp³-hybridized carbons (Fsp3) is 0.167. The fourth-order valence-corrected chi connectivity index (χ4v) is 2.73. The summed E-state index contributed by atoms with van der Waals surface area (Å²) < 4.78 is 0. The monoisotopic (exact) mass is 298 g/mol. The molecule has 21 heavy (non-hydrogen) atoms. The molecular weight excluding hydrogens is 280 g/mol. The Balaban J connectivity index is 0.00000161. The van der Waals surface area contributed by atoms with Crippen molar-refractivity contribution in [3.8, 4) is 11.3 Å². The SMILES string of the molecule is Cc1ccc2cc(-c3c(C)cccc3C)nc(N)c2c1.Cl. The van der Waals surface area contributed by atoms with Gasteiger partial charge in [0.2, 0.25) is 0 Å². The maximum absolute atomic E-state index is 6.15. The van der Waals surface area contributed by atoms with Crippen LogP contribution in [0.1, 0.15) is 16.7 Å². The number of aromatic nitrogens is 1. The number of nitrogen functional groups attached to an aromatic ring is 1. The molecule has 0 spiro atoms. The molecule has 0 atom stereocenters. The molecule has 0 bridgehead atoms. The van der Waals surface area contributed by atoms with Crippen LogP contribution in [0.3, 0.4) is 0 Å². The van der Waals surface area contributed by atoms with Gasteiger partial charge in [-0.15, -0.1) is 12.4 Å². The lowest BCUT2D eigenvalue weighted by Gasteiger charge is -2.12. The second-order valence-electron chi connectivity index (χ2n) is 5.38. The standard InChI is InChI=1S/C18H18N2.ClH/c1-11-7-8-14-10-16(20-18(19)15(14)9-11)17-12(2)5-4-6-13(17)3;/h4-10H,1-3H3,(H2,19,20);1H. The second kappa shape index (κ2) is 5.74. The number of halogens is 1. The Bertz CT molecular complexity index is 789. The van der Waals surface area contributed by atoms with Crippen LogP contribution < -0.4 is 5.73 Å². The van der Waals surface area contributed by atoms with Crippen molar-refractivity contribution < 1.29 is 0 Å². The predicted octanol–water partition coefficient (Wildman–Crippen LogP) is 4.83. The zero-order valence-electron chi connectivity index (χ0n) is 12.5. The van der Waals surface area contributed by atoms with Gasteiger partial charge in [0.15, 0.2) is 0 Å². The first-order valence-corrected chi connectivity index (χ1v) is 6.80. The first-order valence-electron chi connectivity index (χ1n) is 6.80. The van der Waals surface area contributed by atoms with Crippen LogP contribution in [0.15, 0.2) is 42.5 Å². The van der Waals surface area contributed by atoms with Crippen LogP contribution in [0.5, 0.6) is 0 Å². The number of hydrogen-bond acceptors (Lipinski definition) is 2. The highest BCUT2D eigenvalue weighted by Crippen LogP contribution is 2.30. The number of rotatable bonds is 1. The summed E-state index contributed by atoms with van der Waals surface area (Å²) in [4.78, 5) is 4.61. The normalized spacial score (nSPS) is 10.4. The van der Waals surface area contributed by atoms with Crippen LogP contribution in [-0.2, 0) is 0 Å². The molecule has 0 saturated carbocycles. The maximum Gasteiger partial charge on any atom is 0.131 e. The average Bonchev–Trinajstić information content (AvgIpc) is 2.39. The minimum atomic E-state index is 0. The van der Waals surface area contributed by atoms with E-state index in [2.05, 4.69) is 68.2 Å². The largest absolute Gasteiger partial charge is 0.383 e. The average molecular weight is 299 g/mol. The van der Waals surface area contributed by atoms with Gasteiger partial charge in [0.25, 0.3) is 0 Å². The highest BCUT2D eigenvalue weighted by molar-refractivity contribution is 5.94. The van der Waals surface area contributed by atoms with E-state index in [1.165, 1.54) is 22.3 Å². The Hall–Kier alpha value is -2.06. The third-order valence-corrected chi connectivity index (χ3v) is 3.76. The van der Waals surface area contributed by atoms with Gasteiger partial charge in [-0.2, -0.15) is 0 Å². The predicted molar refractivity (Wildman–Crippen MR) is 93.1 cm³/mol. The molecule has 0 aliphatic heterocycles. The number of aryl methyl sites for hydroxylation is 3. The van der Waals surface area contributed by atoms with Crippen LogP contribution in [0.2, 0.25) is 0 Å². The molecule has 0 aliphatic carbocycles. The van der Waals surface area contributed by atoms with Crippen molar-refractivity contribution in [1.82, 2.24) is 4.98 Å². The molecule has 0 radical (unpaired) electrons. The lowest BCUT2D eigenvalue weighted by atomic mass is 9.98. The summed E-state index contributed by atoms with van der Waals surface area (Å²) in [6.07, 6.45) is 0. The molecule has 3 heteroatoms. The molecule has 0 amide bonds. The van der Waals surface area contributed by atoms with Crippen LogP contribution in [-0.4, -0.2) is 4.98 Å². The van der Waals surface area contributed by atoms with E-state index >= 15 is 0 Å². The van der Waals surface area contributed by atoms with Gasteiger partial charge >= 0.3 is 0 Å². The van der Waals surface area contributed by atoms with Crippen molar-refractivity contribution in [2.24, 2.45) is 0 Å². The zero-order valence-corrected chi connectivity index (χ0v) is 13.3. The van der Waals surface area contributed by atoms with Crippen LogP contribution >= 0.6 is 12.4 Å². The third-order valence-electron chi connectivity index (χ3n) is 3.76. The number of pyridine rings is 1. The van der Waals surface area contributed by atoms with E-state index in [0.29, 0.717) is 5.82 Å². The number of benzene rings is 2. The van der Waals surface area contributed by atoms with Gasteiger partial charge in [-0.1, -0.05) is 35.9 Å². The number of fused-ring (bicyclic) bond motifs is 1. The number of anilines is 1. The smallest absolute Gasteiger partial charge is 0.131 e. The summed E-state index contributed by atoms with van der Waals surface area (Å²) in [5.74, 6) is 0.601. The van der Waals surface area contributed by atoms with Gasteiger partial charge in [-0.3, -0.25) is 0 Å². The highest BCUT2D eigenvalue weighted by Gasteiger charge is 2.10. The Morgan fingerprint density at radius 1 is 0.905 bits per heavy atom. The van der Waals surface area contributed by atoms with E-state index in [0.717, 1.165) is 16.5 Å². The van der Waals surface area contributed by atoms with Crippen molar-refractivity contribution in [1.29, 1.82) is 0 Å². The van der Waals surface area contributed by atoms with E-state index in [4.69, 9.17) is 5.73 Å². The van der Waals surface area contributed by atoms with Crippen molar-refractivity contribution >= 4 is 29.0 Å². The van der Waals surface area contributed by atoms with Gasteiger partial charge in [-0.25, -0.2) is 4.98 Å². The number of nitrogens with two attached hydrogens (primary N) is 1. The van der Waals surface area contributed by atoms with E-state index in [9.17, 15) is 0 Å². The quantitative estimate of drug-likeness (QED) is 0.699. The topological polar surface area (TPSA) is 38.9 Å². The molecule has 2 nitrogen and oxygen atoms in total. The zero-order chi connectivity index (χ0) is 14.3. The van der Waals surface area contributed by atoms with Crippen LogP contribution in [0, 0.1) is 20.8 Å². The van der Waals surface area contributed by atoms with E-state index in [-0.39, 0.29) is 12.4 Å². The Morgan fingerprint density at radius 3 is 2.24 bits per heavy atom. The van der Waals surface area contributed by atoms with Crippen molar-refractivity contribution in [3.63, 3.8) is 0 Å². The molecular formula is C18H19ClN2. The summed E-state index contributed by atoms with van der Waals surface area (Å²) in [6.45, 7) is 6.29. The molecule has 2 N–H and O–H groups in total. The summed E-state index contributed by atoms with van der Waals surface area (Å²) in [5.41, 5.74) is 11.9. The molecule has 1 aromatic heterocycles. The fourth-order valence-electron chi connectivity index (χ4n) is 2.73. The summed E-state index contributed by atoms with van der Waals surface area (Å²) in [6, 6.07) is 14.7. The van der Waals surface area contributed by atoms with Crippen LogP contribution in [0.25, 0.3) is 22.0 Å². The first-order chi connectivity index (χ1) is 9.56. The molecule has 1 heterocycles. The lowest BCUT2D eigenvalue weighted by Crippen LogP contribution is -1.97. The molecule has 0 saturated heterocycles. The summed E-state index contributed by atoms with van der Waals surface area (Å²) >= 11 is 0. The number of nitrogens with zero attached hydrogens (tertiary/aromatic N) is 1. The number of hydrogen-bond donors (Lipinski definition) is 1. The van der Waals surface area contributed by atoms with Gasteiger partial charge < -0.3 is 5.73 Å². The molecule has 2 aromatic carbocycles. The summed E-state index contributed by atoms with van der Waals surface area (Å²) in [5, 5.41) is 2.17. The van der Waals surface area contributed by atoms with E-state index < -0.39 is 0 Å². The summed E-state index contributed by atoms with van der Waals surface area (Å²) in [7, 11) is 0. The van der Waals surface area contributed by atoms with Gasteiger partial charge in [0.05, 0.1) is 5.69 Å². The van der Waals surface area contributed by atoms with Gasteiger partial charge in [0, 0.05) is 10.9 Å². The Kier molecular flexibility index (Phi) is 4.19. The molecule has 0 unspecified atom stereocenters. The molecule has 108 valence electrons. The minimum absolute atomic E-state index is 0. The molecule has 3 rings (SSSR count). The third kappa shape index (κ3) is 2.72. The maximum atomic E-state index is 6.15. The van der Waals surface area contributed by atoms with E-state index in [1.54, 1.807) is 0 Å². The molecule has 0 fully saturated rings. The second-order valence-corrected chi connectivity index (χ2v) is 5.38. The van der Waals surface area contributed by atoms with E-state index in [1.807, 2.05) is 0 Å².